The van der Waals surface area contributed by atoms with Crippen LogP contribution in [0.15, 0.2) is 42.6 Å². The number of aromatic nitrogens is 1. The summed E-state index contributed by atoms with van der Waals surface area (Å²) in [7, 11) is 0. The lowest BCUT2D eigenvalue weighted by Crippen LogP contribution is -2.06. The van der Waals surface area contributed by atoms with Crippen LogP contribution in [0.25, 0.3) is 0 Å². The first-order chi connectivity index (χ1) is 8.22. The molecule has 0 fully saturated rings. The van der Waals surface area contributed by atoms with Crippen LogP contribution in [-0.2, 0) is 6.42 Å². The van der Waals surface area contributed by atoms with Gasteiger partial charge in [-0.05, 0) is 24.1 Å². The lowest BCUT2D eigenvalue weighted by atomic mass is 10.0. The number of rotatable bonds is 3. The van der Waals surface area contributed by atoms with E-state index in [-0.39, 0.29) is 11.5 Å². The quantitative estimate of drug-likeness (QED) is 0.757. The van der Waals surface area contributed by atoms with Crippen molar-refractivity contribution >= 4 is 5.78 Å². The fourth-order valence-electron chi connectivity index (χ4n) is 1.58. The van der Waals surface area contributed by atoms with Gasteiger partial charge in [0.1, 0.15) is 5.69 Å². The average Bonchev–Trinajstić information content (AvgIpc) is 2.39. The predicted octanol–water partition coefficient (Wildman–Crippen LogP) is 3.01. The molecule has 0 N–H and O–H groups in total. The summed E-state index contributed by atoms with van der Waals surface area (Å²) < 4.78 is 13.4. The first-order valence-electron chi connectivity index (χ1n) is 5.46. The molecule has 3 heteroatoms. The molecule has 0 spiro atoms. The highest BCUT2D eigenvalue weighted by Crippen LogP contribution is 2.12. The van der Waals surface area contributed by atoms with Crippen molar-refractivity contribution in [2.24, 2.45) is 0 Å². The summed E-state index contributed by atoms with van der Waals surface area (Å²) in [6.07, 6.45) is 2.32. The van der Waals surface area contributed by atoms with Crippen LogP contribution < -0.4 is 0 Å². The standard InChI is InChI=1S/C14H12FNO/c1-2-10-5-7-11(8-6-10)14(17)13-12(15)4-3-9-16-13/h3-9H,2H2,1H3. The molecule has 1 heterocycles. The summed E-state index contributed by atoms with van der Waals surface area (Å²) in [5.74, 6) is -0.970. The number of ketones is 1. The minimum atomic E-state index is -0.586. The molecule has 0 atom stereocenters. The van der Waals surface area contributed by atoms with Crippen molar-refractivity contribution in [3.05, 3.63) is 65.2 Å². The Morgan fingerprint density at radius 2 is 1.94 bits per heavy atom. The van der Waals surface area contributed by atoms with Gasteiger partial charge in [-0.15, -0.1) is 0 Å². The molecule has 0 aliphatic rings. The van der Waals surface area contributed by atoms with E-state index in [0.717, 1.165) is 12.0 Å². The molecule has 0 aliphatic carbocycles. The second-order valence-electron chi connectivity index (χ2n) is 3.71. The van der Waals surface area contributed by atoms with E-state index < -0.39 is 5.82 Å². The second-order valence-corrected chi connectivity index (χ2v) is 3.71. The van der Waals surface area contributed by atoms with Gasteiger partial charge in [-0.3, -0.25) is 4.79 Å². The van der Waals surface area contributed by atoms with E-state index in [4.69, 9.17) is 0 Å². The molecule has 2 nitrogen and oxygen atoms in total. The molecule has 17 heavy (non-hydrogen) atoms. The first-order valence-corrected chi connectivity index (χ1v) is 5.46. The molecule has 0 saturated heterocycles. The monoisotopic (exact) mass is 229 g/mol. The summed E-state index contributed by atoms with van der Waals surface area (Å²) in [5, 5.41) is 0. The van der Waals surface area contributed by atoms with E-state index in [9.17, 15) is 9.18 Å². The summed E-state index contributed by atoms with van der Waals surface area (Å²) in [6.45, 7) is 2.04. The number of hydrogen-bond donors (Lipinski definition) is 0. The van der Waals surface area contributed by atoms with Crippen LogP contribution in [0.5, 0.6) is 0 Å². The van der Waals surface area contributed by atoms with Gasteiger partial charge in [-0.1, -0.05) is 31.2 Å². The van der Waals surface area contributed by atoms with Gasteiger partial charge in [0.2, 0.25) is 5.78 Å². The Kier molecular flexibility index (Phi) is 3.28. The molecule has 1 aromatic carbocycles. The SMILES string of the molecule is CCc1ccc(C(=O)c2ncccc2F)cc1. The van der Waals surface area contributed by atoms with E-state index in [1.807, 2.05) is 19.1 Å². The van der Waals surface area contributed by atoms with Gasteiger partial charge in [0.15, 0.2) is 5.82 Å². The molecule has 2 rings (SSSR count). The van der Waals surface area contributed by atoms with Crippen LogP contribution in [0.1, 0.15) is 28.5 Å². The van der Waals surface area contributed by atoms with E-state index >= 15 is 0 Å². The van der Waals surface area contributed by atoms with Crippen LogP contribution in [-0.4, -0.2) is 10.8 Å². The number of carbonyl (C=O) groups is 1. The minimum Gasteiger partial charge on any atom is -0.287 e. The zero-order chi connectivity index (χ0) is 12.3. The normalized spacial score (nSPS) is 10.2. The summed E-state index contributed by atoms with van der Waals surface area (Å²) in [4.78, 5) is 15.7. The number of hydrogen-bond acceptors (Lipinski definition) is 2. The molecule has 1 aromatic heterocycles. The first kappa shape index (κ1) is 11.5. The highest BCUT2D eigenvalue weighted by atomic mass is 19.1. The molecular formula is C14H12FNO. The molecule has 0 amide bonds. The van der Waals surface area contributed by atoms with Gasteiger partial charge in [-0.25, -0.2) is 9.37 Å². The highest BCUT2D eigenvalue weighted by Gasteiger charge is 2.14. The van der Waals surface area contributed by atoms with Crippen LogP contribution in [0.4, 0.5) is 4.39 Å². The van der Waals surface area contributed by atoms with Crippen molar-refractivity contribution in [1.29, 1.82) is 0 Å². The largest absolute Gasteiger partial charge is 0.287 e. The van der Waals surface area contributed by atoms with Crippen LogP contribution in [0.2, 0.25) is 0 Å². The predicted molar refractivity (Wildman–Crippen MR) is 63.4 cm³/mol. The van der Waals surface area contributed by atoms with Crippen LogP contribution >= 0.6 is 0 Å². The fraction of sp³-hybridized carbons (Fsp3) is 0.143. The Morgan fingerprint density at radius 1 is 1.24 bits per heavy atom. The van der Waals surface area contributed by atoms with E-state index in [1.165, 1.54) is 18.3 Å². The molecule has 86 valence electrons. The van der Waals surface area contributed by atoms with Gasteiger partial charge >= 0.3 is 0 Å². The van der Waals surface area contributed by atoms with Crippen molar-refractivity contribution in [3.8, 4) is 0 Å². The number of carbonyl (C=O) groups excluding carboxylic acids is 1. The van der Waals surface area contributed by atoms with E-state index in [2.05, 4.69) is 4.98 Å². The van der Waals surface area contributed by atoms with E-state index in [0.29, 0.717) is 5.56 Å². The van der Waals surface area contributed by atoms with Gasteiger partial charge in [0, 0.05) is 11.8 Å². The Bertz CT molecular complexity index is 534. The van der Waals surface area contributed by atoms with Gasteiger partial charge in [-0.2, -0.15) is 0 Å². The number of halogens is 1. The van der Waals surface area contributed by atoms with Gasteiger partial charge < -0.3 is 0 Å². The maximum Gasteiger partial charge on any atom is 0.214 e. The van der Waals surface area contributed by atoms with Crippen molar-refractivity contribution < 1.29 is 9.18 Å². The number of nitrogens with zero attached hydrogens (tertiary/aromatic N) is 1. The lowest BCUT2D eigenvalue weighted by molar-refractivity contribution is 0.103. The molecule has 0 bridgehead atoms. The third-order valence-corrected chi connectivity index (χ3v) is 2.60. The maximum absolute atomic E-state index is 13.4. The van der Waals surface area contributed by atoms with Crippen molar-refractivity contribution in [3.63, 3.8) is 0 Å². The van der Waals surface area contributed by atoms with Gasteiger partial charge in [0.05, 0.1) is 0 Å². The number of benzene rings is 1. The second kappa shape index (κ2) is 4.87. The molecule has 0 unspecified atom stereocenters. The minimum absolute atomic E-state index is 0.128. The topological polar surface area (TPSA) is 30.0 Å². The van der Waals surface area contributed by atoms with Crippen LogP contribution in [0, 0.1) is 5.82 Å². The van der Waals surface area contributed by atoms with Crippen molar-refractivity contribution in [2.75, 3.05) is 0 Å². The average molecular weight is 229 g/mol. The van der Waals surface area contributed by atoms with Crippen LogP contribution in [0.3, 0.4) is 0 Å². The zero-order valence-electron chi connectivity index (χ0n) is 9.48. The smallest absolute Gasteiger partial charge is 0.214 e. The number of pyridine rings is 1. The Morgan fingerprint density at radius 3 is 2.53 bits per heavy atom. The third kappa shape index (κ3) is 2.38. The molecule has 2 aromatic rings. The van der Waals surface area contributed by atoms with Gasteiger partial charge in [0.25, 0.3) is 0 Å². The lowest BCUT2D eigenvalue weighted by Gasteiger charge is -2.02. The Labute approximate surface area is 99.1 Å². The highest BCUT2D eigenvalue weighted by molar-refractivity contribution is 6.07. The summed E-state index contributed by atoms with van der Waals surface area (Å²) in [6, 6.07) is 9.85. The Hall–Kier alpha value is -2.03. The summed E-state index contributed by atoms with van der Waals surface area (Å²) >= 11 is 0. The fourth-order valence-corrected chi connectivity index (χ4v) is 1.58. The molecule has 0 radical (unpaired) electrons. The van der Waals surface area contributed by atoms with E-state index in [1.54, 1.807) is 12.1 Å². The number of aryl methyl sites for hydroxylation is 1. The summed E-state index contributed by atoms with van der Waals surface area (Å²) in [5.41, 5.74) is 1.47. The molecule has 0 aliphatic heterocycles. The van der Waals surface area contributed by atoms with Crippen molar-refractivity contribution in [2.45, 2.75) is 13.3 Å². The third-order valence-electron chi connectivity index (χ3n) is 2.60. The molecular weight excluding hydrogens is 217 g/mol. The maximum atomic E-state index is 13.4. The Balaban J connectivity index is 2.34. The zero-order valence-corrected chi connectivity index (χ0v) is 9.48. The van der Waals surface area contributed by atoms with Crippen molar-refractivity contribution in [1.82, 2.24) is 4.98 Å². The molecule has 0 saturated carbocycles.